The van der Waals surface area contributed by atoms with Crippen LogP contribution in [0.2, 0.25) is 5.02 Å². The van der Waals surface area contributed by atoms with Crippen molar-refractivity contribution in [1.29, 1.82) is 0 Å². The van der Waals surface area contributed by atoms with E-state index in [0.29, 0.717) is 16.1 Å². The highest BCUT2D eigenvalue weighted by Crippen LogP contribution is 2.29. The third-order valence-corrected chi connectivity index (χ3v) is 7.56. The largest absolute Gasteiger partial charge is 0.507 e. The fraction of sp³-hybridized carbons (Fsp3) is 0.100. The number of rotatable bonds is 7. The van der Waals surface area contributed by atoms with E-state index in [4.69, 9.17) is 11.6 Å². The molecule has 0 radical (unpaired) electrons. The van der Waals surface area contributed by atoms with Gasteiger partial charge < -0.3 is 5.11 Å². The van der Waals surface area contributed by atoms with E-state index < -0.39 is 30.7 Å². The molecule has 0 aliphatic heterocycles. The molecule has 0 bridgehead atoms. The van der Waals surface area contributed by atoms with E-state index in [9.17, 15) is 21.9 Å². The predicted octanol–water partition coefficient (Wildman–Crippen LogP) is 3.63. The maximum Gasteiger partial charge on any atom is 0.261 e. The van der Waals surface area contributed by atoms with Crippen LogP contribution in [0.5, 0.6) is 5.75 Å². The zero-order valence-electron chi connectivity index (χ0n) is 15.8. The molecule has 158 valence electrons. The number of hydrogen-bond acceptors (Lipinski definition) is 5. The standard InChI is InChI=1S/C20H19ClN2O5S2/c1-14-17(21)8-5-9-18(14)23-29(25,26)16-10-11-19(24)20(12-16)30(27,28)22-13-15-6-3-2-4-7-15/h2-12,22-24H,13H2,1H3. The van der Waals surface area contributed by atoms with E-state index >= 15 is 0 Å². The van der Waals surface area contributed by atoms with Gasteiger partial charge >= 0.3 is 0 Å². The van der Waals surface area contributed by atoms with Gasteiger partial charge in [-0.1, -0.05) is 48.0 Å². The number of nitrogens with one attached hydrogen (secondary N) is 2. The van der Waals surface area contributed by atoms with Gasteiger partial charge in [0.25, 0.3) is 10.0 Å². The number of benzene rings is 3. The van der Waals surface area contributed by atoms with Gasteiger partial charge in [0.05, 0.1) is 10.6 Å². The van der Waals surface area contributed by atoms with Gasteiger partial charge in [0.1, 0.15) is 10.6 Å². The molecule has 0 heterocycles. The van der Waals surface area contributed by atoms with Crippen molar-refractivity contribution < 1.29 is 21.9 Å². The van der Waals surface area contributed by atoms with Gasteiger partial charge in [-0.05, 0) is 48.4 Å². The molecule has 3 rings (SSSR count). The average molecular weight is 467 g/mol. The molecule has 0 saturated heterocycles. The summed E-state index contributed by atoms with van der Waals surface area (Å²) in [6.45, 7) is 1.64. The maximum atomic E-state index is 12.8. The number of halogens is 1. The highest BCUT2D eigenvalue weighted by Gasteiger charge is 2.24. The first-order valence-electron chi connectivity index (χ1n) is 8.75. The number of phenolic OH excluding ortho intramolecular Hbond substituents is 1. The van der Waals surface area contributed by atoms with Crippen LogP contribution in [0.1, 0.15) is 11.1 Å². The van der Waals surface area contributed by atoms with Crippen LogP contribution in [0.25, 0.3) is 0 Å². The van der Waals surface area contributed by atoms with Gasteiger partial charge in [0.15, 0.2) is 0 Å². The fourth-order valence-corrected chi connectivity index (χ4v) is 5.19. The van der Waals surface area contributed by atoms with Crippen molar-refractivity contribution in [3.05, 3.63) is 82.9 Å². The molecule has 0 amide bonds. The summed E-state index contributed by atoms with van der Waals surface area (Å²) in [4.78, 5) is -0.858. The summed E-state index contributed by atoms with van der Waals surface area (Å²) >= 11 is 6.02. The number of sulfonamides is 2. The lowest BCUT2D eigenvalue weighted by molar-refractivity contribution is 0.457. The topological polar surface area (TPSA) is 113 Å². The van der Waals surface area contributed by atoms with E-state index in [1.807, 2.05) is 0 Å². The summed E-state index contributed by atoms with van der Waals surface area (Å²) in [7, 11) is -8.30. The van der Waals surface area contributed by atoms with Gasteiger partial charge in [-0.2, -0.15) is 0 Å². The molecule has 0 saturated carbocycles. The Morgan fingerprint density at radius 3 is 2.30 bits per heavy atom. The zero-order valence-corrected chi connectivity index (χ0v) is 18.2. The van der Waals surface area contributed by atoms with Crippen molar-refractivity contribution in [3.63, 3.8) is 0 Å². The van der Waals surface area contributed by atoms with Gasteiger partial charge in [-0.3, -0.25) is 4.72 Å². The first-order valence-corrected chi connectivity index (χ1v) is 12.1. The summed E-state index contributed by atoms with van der Waals surface area (Å²) in [5.41, 5.74) is 1.50. The van der Waals surface area contributed by atoms with E-state index in [-0.39, 0.29) is 17.1 Å². The minimum atomic E-state index is -4.17. The molecule has 0 fully saturated rings. The summed E-state index contributed by atoms with van der Waals surface area (Å²) < 4.78 is 55.6. The second kappa shape index (κ2) is 8.65. The second-order valence-electron chi connectivity index (χ2n) is 6.46. The molecule has 0 aliphatic carbocycles. The van der Waals surface area contributed by atoms with Crippen LogP contribution in [0.3, 0.4) is 0 Å². The molecule has 30 heavy (non-hydrogen) atoms. The minimum absolute atomic E-state index is 0.0143. The third kappa shape index (κ3) is 4.93. The normalized spacial score (nSPS) is 11.9. The van der Waals surface area contributed by atoms with Gasteiger partial charge in [-0.15, -0.1) is 0 Å². The summed E-state index contributed by atoms with van der Waals surface area (Å²) in [5.74, 6) is -0.562. The second-order valence-corrected chi connectivity index (χ2v) is 10.3. The van der Waals surface area contributed by atoms with E-state index in [2.05, 4.69) is 9.44 Å². The molecule has 7 nitrogen and oxygen atoms in total. The van der Waals surface area contributed by atoms with Crippen molar-refractivity contribution in [2.45, 2.75) is 23.3 Å². The van der Waals surface area contributed by atoms with Gasteiger partial charge in [0.2, 0.25) is 10.0 Å². The van der Waals surface area contributed by atoms with Crippen LogP contribution in [0.15, 0.2) is 76.5 Å². The van der Waals surface area contributed by atoms with E-state index in [0.717, 1.165) is 18.2 Å². The van der Waals surface area contributed by atoms with Crippen LogP contribution in [0.4, 0.5) is 5.69 Å². The Hall–Kier alpha value is -2.59. The Bertz CT molecular complexity index is 1280. The maximum absolute atomic E-state index is 12.8. The van der Waals surface area contributed by atoms with E-state index in [1.165, 1.54) is 6.07 Å². The Morgan fingerprint density at radius 2 is 1.60 bits per heavy atom. The van der Waals surface area contributed by atoms with Crippen molar-refractivity contribution in [1.82, 2.24) is 4.72 Å². The van der Waals surface area contributed by atoms with E-state index in [1.54, 1.807) is 49.4 Å². The molecular formula is C20H19ClN2O5S2. The molecule has 0 unspecified atom stereocenters. The Balaban J connectivity index is 1.91. The molecule has 3 aromatic rings. The van der Waals surface area contributed by atoms with Crippen LogP contribution in [0, 0.1) is 6.92 Å². The molecule has 3 N–H and O–H groups in total. The smallest absolute Gasteiger partial charge is 0.261 e. The summed E-state index contributed by atoms with van der Waals surface area (Å²) in [6, 6.07) is 16.6. The number of phenols is 1. The molecule has 0 aromatic heterocycles. The third-order valence-electron chi connectivity index (χ3n) is 4.35. The minimum Gasteiger partial charge on any atom is -0.507 e. The lowest BCUT2D eigenvalue weighted by Gasteiger charge is -2.13. The van der Waals surface area contributed by atoms with Gasteiger partial charge in [-0.25, -0.2) is 21.6 Å². The highest BCUT2D eigenvalue weighted by molar-refractivity contribution is 7.93. The predicted molar refractivity (Wildman–Crippen MR) is 116 cm³/mol. The van der Waals surface area contributed by atoms with Gasteiger partial charge in [0, 0.05) is 11.6 Å². The monoisotopic (exact) mass is 466 g/mol. The molecule has 0 atom stereocenters. The van der Waals surface area contributed by atoms with Crippen LogP contribution < -0.4 is 9.44 Å². The zero-order chi connectivity index (χ0) is 21.9. The van der Waals surface area contributed by atoms with Crippen LogP contribution in [-0.4, -0.2) is 21.9 Å². The van der Waals surface area contributed by atoms with Crippen LogP contribution in [-0.2, 0) is 26.6 Å². The number of hydrogen-bond donors (Lipinski definition) is 3. The van der Waals surface area contributed by atoms with Crippen molar-refractivity contribution in [2.75, 3.05) is 4.72 Å². The number of aromatic hydroxyl groups is 1. The van der Waals surface area contributed by atoms with Crippen molar-refractivity contribution >= 4 is 37.3 Å². The summed E-state index contributed by atoms with van der Waals surface area (Å²) in [6.07, 6.45) is 0. The van der Waals surface area contributed by atoms with Crippen LogP contribution >= 0.6 is 11.6 Å². The SMILES string of the molecule is Cc1c(Cl)cccc1NS(=O)(=O)c1ccc(O)c(S(=O)(=O)NCc2ccccc2)c1. The lowest BCUT2D eigenvalue weighted by atomic mass is 10.2. The first-order chi connectivity index (χ1) is 14.1. The quantitative estimate of drug-likeness (QED) is 0.492. The molecule has 0 spiro atoms. The first kappa shape index (κ1) is 22.1. The Labute approximate surface area is 180 Å². The highest BCUT2D eigenvalue weighted by atomic mass is 35.5. The fourth-order valence-electron chi connectivity index (χ4n) is 2.65. The summed E-state index contributed by atoms with van der Waals surface area (Å²) in [5, 5.41) is 10.4. The molecule has 3 aromatic carbocycles. The van der Waals surface area contributed by atoms with Crippen molar-refractivity contribution in [2.24, 2.45) is 0 Å². The molecule has 0 aliphatic rings. The number of anilines is 1. The molecular weight excluding hydrogens is 448 g/mol. The Kier molecular flexibility index (Phi) is 6.37. The lowest BCUT2D eigenvalue weighted by Crippen LogP contribution is -2.24. The Morgan fingerprint density at radius 1 is 0.900 bits per heavy atom. The molecule has 10 heteroatoms. The van der Waals surface area contributed by atoms with Crippen molar-refractivity contribution in [3.8, 4) is 5.75 Å². The average Bonchev–Trinajstić information content (AvgIpc) is 2.71.